The maximum atomic E-state index is 12.5. The number of amides is 1. The van der Waals surface area contributed by atoms with Crippen molar-refractivity contribution >= 4 is 17.2 Å². The number of carbonyl (C=O) groups is 1. The molecule has 2 aromatic rings. The van der Waals surface area contributed by atoms with Gasteiger partial charge in [0, 0.05) is 30.9 Å². The Bertz CT molecular complexity index is 653. The van der Waals surface area contributed by atoms with Crippen LogP contribution in [0.25, 0.3) is 0 Å². The summed E-state index contributed by atoms with van der Waals surface area (Å²) in [7, 11) is 0. The van der Waals surface area contributed by atoms with Gasteiger partial charge in [-0.25, -0.2) is 4.98 Å². The highest BCUT2D eigenvalue weighted by atomic mass is 32.1. The van der Waals surface area contributed by atoms with Crippen LogP contribution in [0.3, 0.4) is 0 Å². The predicted octanol–water partition coefficient (Wildman–Crippen LogP) is 3.16. The maximum absolute atomic E-state index is 12.5. The molecule has 1 aliphatic rings. The van der Waals surface area contributed by atoms with Gasteiger partial charge in [0.05, 0.1) is 16.7 Å². The van der Waals surface area contributed by atoms with Crippen molar-refractivity contribution in [3.63, 3.8) is 0 Å². The van der Waals surface area contributed by atoms with Crippen LogP contribution in [0.5, 0.6) is 0 Å². The van der Waals surface area contributed by atoms with E-state index in [2.05, 4.69) is 41.7 Å². The van der Waals surface area contributed by atoms with E-state index in [0.717, 1.165) is 23.7 Å². The number of likely N-dealkylation sites (tertiary alicyclic amines) is 1. The second-order valence-electron chi connectivity index (χ2n) is 6.30. The Balaban J connectivity index is 1.52. The van der Waals surface area contributed by atoms with Crippen LogP contribution in [0.1, 0.15) is 42.5 Å². The van der Waals surface area contributed by atoms with Crippen molar-refractivity contribution in [2.75, 3.05) is 6.54 Å². The number of thiazole rings is 1. The number of hydrogen-bond acceptors (Lipinski definition) is 4. The minimum absolute atomic E-state index is 0.0806. The first kappa shape index (κ1) is 16.1. The van der Waals surface area contributed by atoms with E-state index < -0.39 is 0 Å². The highest BCUT2D eigenvalue weighted by molar-refractivity contribution is 7.09. The Morgan fingerprint density at radius 3 is 2.83 bits per heavy atom. The number of nitrogens with zero attached hydrogens (tertiary/aromatic N) is 2. The molecule has 122 valence electrons. The fourth-order valence-corrected chi connectivity index (χ4v) is 3.62. The standard InChI is InChI=1S/C18H23N3OS/c1-13(2)17-20-15(12-23-17)10-19-16-8-9-21(18(16)22)11-14-6-4-3-5-7-14/h3-7,12-13,16,19H,8-11H2,1-2H3/t16-/m0/s1. The van der Waals surface area contributed by atoms with E-state index in [0.29, 0.717) is 19.0 Å². The molecular weight excluding hydrogens is 306 g/mol. The van der Waals surface area contributed by atoms with Crippen LogP contribution >= 0.6 is 11.3 Å². The van der Waals surface area contributed by atoms with E-state index in [4.69, 9.17) is 0 Å². The molecule has 0 spiro atoms. The van der Waals surface area contributed by atoms with E-state index >= 15 is 0 Å². The van der Waals surface area contributed by atoms with Gasteiger partial charge in [0.15, 0.2) is 0 Å². The Hall–Kier alpha value is -1.72. The van der Waals surface area contributed by atoms with Crippen LogP contribution in [0, 0.1) is 0 Å². The molecule has 3 rings (SSSR count). The number of benzene rings is 1. The third-order valence-corrected chi connectivity index (χ3v) is 5.30. The Kier molecular flexibility index (Phi) is 5.08. The van der Waals surface area contributed by atoms with Gasteiger partial charge in [-0.1, -0.05) is 44.2 Å². The molecule has 0 unspecified atom stereocenters. The van der Waals surface area contributed by atoms with E-state index in [1.165, 1.54) is 5.56 Å². The van der Waals surface area contributed by atoms with Crippen molar-refractivity contribution in [2.45, 2.75) is 45.3 Å². The molecule has 23 heavy (non-hydrogen) atoms. The van der Waals surface area contributed by atoms with Crippen molar-refractivity contribution in [1.29, 1.82) is 0 Å². The van der Waals surface area contributed by atoms with E-state index in [1.54, 1.807) is 11.3 Å². The summed E-state index contributed by atoms with van der Waals surface area (Å²) >= 11 is 1.70. The quantitative estimate of drug-likeness (QED) is 0.885. The van der Waals surface area contributed by atoms with E-state index in [1.807, 2.05) is 23.1 Å². The van der Waals surface area contributed by atoms with Crippen LogP contribution in [0.15, 0.2) is 35.7 Å². The summed E-state index contributed by atoms with van der Waals surface area (Å²) in [5.41, 5.74) is 2.22. The van der Waals surface area contributed by atoms with Crippen LogP contribution in [0.2, 0.25) is 0 Å². The van der Waals surface area contributed by atoms with Crippen LogP contribution in [0.4, 0.5) is 0 Å². The molecule has 1 N–H and O–H groups in total. The Labute approximate surface area is 141 Å². The number of nitrogens with one attached hydrogen (secondary N) is 1. The van der Waals surface area contributed by atoms with Crippen molar-refractivity contribution in [3.05, 3.63) is 52.0 Å². The molecule has 1 amide bonds. The molecule has 0 saturated carbocycles. The lowest BCUT2D eigenvalue weighted by atomic mass is 10.2. The highest BCUT2D eigenvalue weighted by Crippen LogP contribution is 2.20. The highest BCUT2D eigenvalue weighted by Gasteiger charge is 2.31. The summed E-state index contributed by atoms with van der Waals surface area (Å²) in [6.45, 7) is 6.49. The summed E-state index contributed by atoms with van der Waals surface area (Å²) in [5.74, 6) is 0.663. The Morgan fingerprint density at radius 2 is 2.13 bits per heavy atom. The molecule has 0 bridgehead atoms. The summed E-state index contributed by atoms with van der Waals surface area (Å²) in [6, 6.07) is 10.1. The monoisotopic (exact) mass is 329 g/mol. The van der Waals surface area contributed by atoms with Gasteiger partial charge < -0.3 is 10.2 Å². The molecule has 1 saturated heterocycles. The second-order valence-corrected chi connectivity index (χ2v) is 7.19. The van der Waals surface area contributed by atoms with Crippen molar-refractivity contribution < 1.29 is 4.79 Å². The average Bonchev–Trinajstić information content (AvgIpc) is 3.15. The zero-order valence-electron chi connectivity index (χ0n) is 13.7. The predicted molar refractivity (Wildman–Crippen MR) is 93.3 cm³/mol. The number of carbonyl (C=O) groups excluding carboxylic acids is 1. The van der Waals surface area contributed by atoms with Gasteiger partial charge in [0.2, 0.25) is 5.91 Å². The van der Waals surface area contributed by atoms with Crippen molar-refractivity contribution in [2.24, 2.45) is 0 Å². The molecule has 1 aliphatic heterocycles. The zero-order chi connectivity index (χ0) is 16.2. The van der Waals surface area contributed by atoms with E-state index in [-0.39, 0.29) is 11.9 Å². The fourth-order valence-electron chi connectivity index (χ4n) is 2.79. The SMILES string of the molecule is CC(C)c1nc(CN[C@H]2CCN(Cc3ccccc3)C2=O)cs1. The molecular formula is C18H23N3OS. The molecule has 0 aliphatic carbocycles. The fraction of sp³-hybridized carbons (Fsp3) is 0.444. The van der Waals surface area contributed by atoms with E-state index in [9.17, 15) is 4.79 Å². The lowest BCUT2D eigenvalue weighted by molar-refractivity contribution is -0.129. The molecule has 2 heterocycles. The van der Waals surface area contributed by atoms with Gasteiger partial charge in [-0.15, -0.1) is 11.3 Å². The largest absolute Gasteiger partial charge is 0.337 e. The van der Waals surface area contributed by atoms with Crippen LogP contribution in [-0.2, 0) is 17.9 Å². The molecule has 1 aromatic carbocycles. The van der Waals surface area contributed by atoms with Crippen LogP contribution in [-0.4, -0.2) is 28.4 Å². The van der Waals surface area contributed by atoms with Gasteiger partial charge in [0.1, 0.15) is 0 Å². The van der Waals surface area contributed by atoms with Gasteiger partial charge >= 0.3 is 0 Å². The number of aromatic nitrogens is 1. The second kappa shape index (κ2) is 7.23. The van der Waals surface area contributed by atoms with Gasteiger partial charge in [-0.05, 0) is 12.0 Å². The molecule has 1 fully saturated rings. The summed E-state index contributed by atoms with van der Waals surface area (Å²) in [6.07, 6.45) is 0.868. The van der Waals surface area contributed by atoms with Gasteiger partial charge in [-0.3, -0.25) is 4.79 Å². The lowest BCUT2D eigenvalue weighted by Crippen LogP contribution is -2.37. The molecule has 1 atom stereocenters. The zero-order valence-corrected chi connectivity index (χ0v) is 14.5. The molecule has 0 radical (unpaired) electrons. The number of rotatable bonds is 6. The first-order valence-corrected chi connectivity index (χ1v) is 9.02. The molecule has 4 nitrogen and oxygen atoms in total. The average molecular weight is 329 g/mol. The number of hydrogen-bond donors (Lipinski definition) is 1. The van der Waals surface area contributed by atoms with Crippen LogP contribution < -0.4 is 5.32 Å². The minimum atomic E-state index is -0.0806. The third-order valence-electron chi connectivity index (χ3n) is 4.11. The van der Waals surface area contributed by atoms with Gasteiger partial charge in [0.25, 0.3) is 0 Å². The minimum Gasteiger partial charge on any atom is -0.337 e. The summed E-state index contributed by atoms with van der Waals surface area (Å²) in [5, 5.41) is 6.61. The third kappa shape index (κ3) is 3.98. The summed E-state index contributed by atoms with van der Waals surface area (Å²) < 4.78 is 0. The smallest absolute Gasteiger partial charge is 0.240 e. The first-order valence-electron chi connectivity index (χ1n) is 8.14. The lowest BCUT2D eigenvalue weighted by Gasteiger charge is -2.17. The van der Waals surface area contributed by atoms with Crippen molar-refractivity contribution in [1.82, 2.24) is 15.2 Å². The summed E-state index contributed by atoms with van der Waals surface area (Å²) in [4.78, 5) is 19.0. The first-order chi connectivity index (χ1) is 11.1. The Morgan fingerprint density at radius 1 is 1.35 bits per heavy atom. The normalized spacial score (nSPS) is 18.1. The topological polar surface area (TPSA) is 45.2 Å². The maximum Gasteiger partial charge on any atom is 0.240 e. The molecule has 5 heteroatoms. The van der Waals surface area contributed by atoms with Gasteiger partial charge in [-0.2, -0.15) is 0 Å². The van der Waals surface area contributed by atoms with Crippen molar-refractivity contribution in [3.8, 4) is 0 Å². The molecule has 1 aromatic heterocycles.